The minimum Gasteiger partial charge on any atom is -0.480 e. The maximum atomic E-state index is 11.7. The van der Waals surface area contributed by atoms with Crippen LogP contribution in [-0.2, 0) is 14.3 Å². The van der Waals surface area contributed by atoms with Gasteiger partial charge in [-0.1, -0.05) is 0 Å². The van der Waals surface area contributed by atoms with Gasteiger partial charge in [0.2, 0.25) is 0 Å². The molecule has 1 unspecified atom stereocenters. The van der Waals surface area contributed by atoms with Gasteiger partial charge in [-0.3, -0.25) is 4.79 Å². The van der Waals surface area contributed by atoms with Gasteiger partial charge >= 0.3 is 18.0 Å². The maximum Gasteiger partial charge on any atom is 0.326 e. The molecule has 8 nitrogen and oxygen atoms in total. The van der Waals surface area contributed by atoms with Crippen LogP contribution in [0, 0.1) is 5.92 Å². The largest absolute Gasteiger partial charge is 0.480 e. The summed E-state index contributed by atoms with van der Waals surface area (Å²) in [6.45, 7) is 2.45. The molecule has 0 aromatic heterocycles. The number of nitrogens with one attached hydrogen (secondary N) is 2. The molecule has 8 heteroatoms. The zero-order valence-corrected chi connectivity index (χ0v) is 12.4. The number of piperidine rings is 1. The van der Waals surface area contributed by atoms with Gasteiger partial charge in [0.05, 0.1) is 13.5 Å². The van der Waals surface area contributed by atoms with E-state index in [9.17, 15) is 14.4 Å². The van der Waals surface area contributed by atoms with E-state index in [-0.39, 0.29) is 0 Å². The zero-order chi connectivity index (χ0) is 15.8. The van der Waals surface area contributed by atoms with Gasteiger partial charge in [-0.2, -0.15) is 0 Å². The van der Waals surface area contributed by atoms with Crippen LogP contribution in [0.25, 0.3) is 0 Å². The van der Waals surface area contributed by atoms with Crippen LogP contribution in [0.2, 0.25) is 0 Å². The van der Waals surface area contributed by atoms with Crippen molar-refractivity contribution in [2.45, 2.75) is 25.3 Å². The Balaban J connectivity index is 2.36. The SMILES string of the molecule is COC(=O)C[C@H](NC(=O)NCC1CCCN(C)C1)C(=O)O. The second kappa shape index (κ2) is 8.46. The van der Waals surface area contributed by atoms with Crippen molar-refractivity contribution in [2.75, 3.05) is 33.8 Å². The topological polar surface area (TPSA) is 108 Å². The Morgan fingerprint density at radius 1 is 1.43 bits per heavy atom. The van der Waals surface area contributed by atoms with E-state index >= 15 is 0 Å². The molecule has 1 saturated heterocycles. The number of urea groups is 1. The molecule has 0 bridgehead atoms. The number of likely N-dealkylation sites (tertiary alicyclic amines) is 1. The summed E-state index contributed by atoms with van der Waals surface area (Å²) in [5.41, 5.74) is 0. The molecule has 21 heavy (non-hydrogen) atoms. The third kappa shape index (κ3) is 6.44. The molecule has 1 fully saturated rings. The Hall–Kier alpha value is -1.83. The molecule has 1 rings (SSSR count). The van der Waals surface area contributed by atoms with Gasteiger partial charge in [-0.15, -0.1) is 0 Å². The van der Waals surface area contributed by atoms with Crippen molar-refractivity contribution in [3.8, 4) is 0 Å². The lowest BCUT2D eigenvalue weighted by molar-refractivity contribution is -0.147. The van der Waals surface area contributed by atoms with Crippen molar-refractivity contribution in [3.63, 3.8) is 0 Å². The molecular weight excluding hydrogens is 278 g/mol. The number of carboxylic acids is 1. The van der Waals surface area contributed by atoms with Crippen molar-refractivity contribution in [1.29, 1.82) is 0 Å². The van der Waals surface area contributed by atoms with Crippen LogP contribution in [0.5, 0.6) is 0 Å². The predicted molar refractivity (Wildman–Crippen MR) is 74.8 cm³/mol. The summed E-state index contributed by atoms with van der Waals surface area (Å²) >= 11 is 0. The molecule has 1 aliphatic rings. The van der Waals surface area contributed by atoms with E-state index in [1.807, 2.05) is 7.05 Å². The van der Waals surface area contributed by atoms with Crippen LogP contribution >= 0.6 is 0 Å². The first-order valence-corrected chi connectivity index (χ1v) is 6.95. The number of hydrogen-bond donors (Lipinski definition) is 3. The molecule has 3 N–H and O–H groups in total. The molecule has 120 valence electrons. The third-order valence-corrected chi connectivity index (χ3v) is 3.48. The molecule has 0 aliphatic carbocycles. The standard InChI is InChI=1S/C13H23N3O5/c1-16-5-3-4-9(8-16)7-14-13(20)15-10(12(18)19)6-11(17)21-2/h9-10H,3-8H2,1-2H3,(H,18,19)(H2,14,15,20)/t9?,10-/m0/s1. The fourth-order valence-electron chi connectivity index (χ4n) is 2.34. The van der Waals surface area contributed by atoms with Crippen molar-refractivity contribution in [2.24, 2.45) is 5.92 Å². The van der Waals surface area contributed by atoms with E-state index in [1.54, 1.807) is 0 Å². The van der Waals surface area contributed by atoms with Crippen LogP contribution in [0.15, 0.2) is 0 Å². The van der Waals surface area contributed by atoms with E-state index in [1.165, 1.54) is 7.11 Å². The second-order valence-corrected chi connectivity index (χ2v) is 5.30. The van der Waals surface area contributed by atoms with Crippen molar-refractivity contribution in [3.05, 3.63) is 0 Å². The molecule has 2 atom stereocenters. The lowest BCUT2D eigenvalue weighted by Gasteiger charge is -2.29. The van der Waals surface area contributed by atoms with Crippen molar-refractivity contribution < 1.29 is 24.2 Å². The fraction of sp³-hybridized carbons (Fsp3) is 0.769. The monoisotopic (exact) mass is 301 g/mol. The van der Waals surface area contributed by atoms with Gasteiger partial charge in [0, 0.05) is 13.1 Å². The minimum absolute atomic E-state index is 0.360. The van der Waals surface area contributed by atoms with Crippen molar-refractivity contribution in [1.82, 2.24) is 15.5 Å². The van der Waals surface area contributed by atoms with Gasteiger partial charge < -0.3 is 25.4 Å². The number of esters is 1. The summed E-state index contributed by atoms with van der Waals surface area (Å²) in [4.78, 5) is 36.0. The van der Waals surface area contributed by atoms with Crippen LogP contribution in [0.4, 0.5) is 4.79 Å². The average molecular weight is 301 g/mol. The van der Waals surface area contributed by atoms with Gasteiger partial charge in [0.15, 0.2) is 0 Å². The predicted octanol–water partition coefficient (Wildman–Crippen LogP) is -0.356. The van der Waals surface area contributed by atoms with Gasteiger partial charge in [-0.05, 0) is 32.4 Å². The number of carbonyl (C=O) groups excluding carboxylic acids is 2. The summed E-state index contributed by atoms with van der Waals surface area (Å²) < 4.78 is 4.40. The zero-order valence-electron chi connectivity index (χ0n) is 12.4. The molecule has 0 radical (unpaired) electrons. The first kappa shape index (κ1) is 17.2. The summed E-state index contributed by atoms with van der Waals surface area (Å²) in [5.74, 6) is -1.59. The summed E-state index contributed by atoms with van der Waals surface area (Å²) in [6, 6.07) is -1.87. The summed E-state index contributed by atoms with van der Waals surface area (Å²) in [6.07, 6.45) is 1.73. The molecule has 1 aliphatic heterocycles. The quantitative estimate of drug-likeness (QED) is 0.578. The van der Waals surface area contributed by atoms with Crippen LogP contribution in [0.1, 0.15) is 19.3 Å². The van der Waals surface area contributed by atoms with E-state index in [0.717, 1.165) is 25.9 Å². The summed E-state index contributed by atoms with van der Waals surface area (Å²) in [7, 11) is 3.20. The Morgan fingerprint density at radius 3 is 2.71 bits per heavy atom. The van der Waals surface area contributed by atoms with E-state index in [0.29, 0.717) is 12.5 Å². The Kier molecular flexibility index (Phi) is 6.93. The molecule has 1 heterocycles. The normalized spacial score (nSPS) is 20.4. The highest BCUT2D eigenvalue weighted by molar-refractivity contribution is 5.86. The lowest BCUT2D eigenvalue weighted by atomic mass is 9.99. The molecule has 0 spiro atoms. The van der Waals surface area contributed by atoms with E-state index in [2.05, 4.69) is 20.3 Å². The van der Waals surface area contributed by atoms with Gasteiger partial charge in [-0.25, -0.2) is 9.59 Å². The number of carbonyl (C=O) groups is 3. The number of amides is 2. The maximum absolute atomic E-state index is 11.7. The third-order valence-electron chi connectivity index (χ3n) is 3.48. The molecule has 0 aromatic rings. The van der Waals surface area contributed by atoms with E-state index < -0.39 is 30.4 Å². The van der Waals surface area contributed by atoms with Gasteiger partial charge in [0.1, 0.15) is 6.04 Å². The Labute approximate surface area is 123 Å². The Morgan fingerprint density at radius 2 is 2.14 bits per heavy atom. The number of nitrogens with zero attached hydrogens (tertiary/aromatic N) is 1. The average Bonchev–Trinajstić information content (AvgIpc) is 2.44. The first-order chi connectivity index (χ1) is 9.92. The number of carboxylic acid groups (broad SMARTS) is 1. The molecule has 0 saturated carbocycles. The number of hydrogen-bond acceptors (Lipinski definition) is 5. The van der Waals surface area contributed by atoms with Gasteiger partial charge in [0.25, 0.3) is 0 Å². The van der Waals surface area contributed by atoms with Crippen molar-refractivity contribution >= 4 is 18.0 Å². The molecule has 2 amide bonds. The molecule has 0 aromatic carbocycles. The number of ether oxygens (including phenoxy) is 1. The summed E-state index contributed by atoms with van der Waals surface area (Å²) in [5, 5.41) is 13.9. The first-order valence-electron chi connectivity index (χ1n) is 6.95. The highest BCUT2D eigenvalue weighted by Crippen LogP contribution is 2.13. The fourth-order valence-corrected chi connectivity index (χ4v) is 2.34. The minimum atomic E-state index is -1.29. The highest BCUT2D eigenvalue weighted by atomic mass is 16.5. The van der Waals surface area contributed by atoms with E-state index in [4.69, 9.17) is 5.11 Å². The van der Waals surface area contributed by atoms with Crippen LogP contribution in [-0.4, -0.2) is 67.8 Å². The number of rotatable bonds is 6. The lowest BCUT2D eigenvalue weighted by Crippen LogP contribution is -2.49. The highest BCUT2D eigenvalue weighted by Gasteiger charge is 2.24. The number of aliphatic carboxylic acids is 1. The molecular formula is C13H23N3O5. The Bertz CT molecular complexity index is 388. The van der Waals surface area contributed by atoms with Crippen LogP contribution in [0.3, 0.4) is 0 Å². The smallest absolute Gasteiger partial charge is 0.326 e. The van der Waals surface area contributed by atoms with Crippen LogP contribution < -0.4 is 10.6 Å². The second-order valence-electron chi connectivity index (χ2n) is 5.30. The number of methoxy groups -OCH3 is 1.